The van der Waals surface area contributed by atoms with Gasteiger partial charge in [0.1, 0.15) is 11.8 Å². The van der Waals surface area contributed by atoms with Crippen molar-refractivity contribution in [2.24, 2.45) is 0 Å². The molecular weight excluding hydrogens is 430 g/mol. The Bertz CT molecular complexity index is 1090. The molecule has 1 unspecified atom stereocenters. The maximum absolute atomic E-state index is 12.9. The molecule has 7 heteroatoms. The van der Waals surface area contributed by atoms with Crippen molar-refractivity contribution >= 4 is 17.7 Å². The molecule has 0 radical (unpaired) electrons. The van der Waals surface area contributed by atoms with Crippen LogP contribution in [0.4, 0.5) is 0 Å². The van der Waals surface area contributed by atoms with Crippen molar-refractivity contribution in [3.8, 4) is 5.75 Å². The van der Waals surface area contributed by atoms with Gasteiger partial charge in [-0.25, -0.2) is 0 Å². The molecule has 7 nitrogen and oxygen atoms in total. The van der Waals surface area contributed by atoms with Gasteiger partial charge in [0.2, 0.25) is 11.8 Å². The second-order valence-corrected chi connectivity index (χ2v) is 9.44. The first-order valence-electron chi connectivity index (χ1n) is 12.2. The van der Waals surface area contributed by atoms with Crippen LogP contribution in [-0.2, 0) is 22.7 Å². The lowest BCUT2D eigenvalue weighted by atomic mass is 9.87. The number of nitrogens with zero attached hydrogens (tertiary/aromatic N) is 2. The second-order valence-electron chi connectivity index (χ2n) is 9.44. The smallest absolute Gasteiger partial charge is 0.255 e. The molecule has 0 aliphatic carbocycles. The van der Waals surface area contributed by atoms with Crippen molar-refractivity contribution in [1.82, 2.24) is 15.1 Å². The van der Waals surface area contributed by atoms with Gasteiger partial charge in [0.05, 0.1) is 6.61 Å². The zero-order valence-electron chi connectivity index (χ0n) is 19.6. The van der Waals surface area contributed by atoms with Crippen molar-refractivity contribution < 1.29 is 19.1 Å². The maximum atomic E-state index is 12.9. The fraction of sp³-hybridized carbons (Fsp3) is 0.444. The van der Waals surface area contributed by atoms with Crippen LogP contribution < -0.4 is 10.1 Å². The molecule has 0 bridgehead atoms. The fourth-order valence-corrected chi connectivity index (χ4v) is 5.39. The van der Waals surface area contributed by atoms with E-state index in [1.165, 1.54) is 11.1 Å². The van der Waals surface area contributed by atoms with Gasteiger partial charge in [-0.2, -0.15) is 0 Å². The average Bonchev–Trinajstić information content (AvgIpc) is 3.16. The molecule has 2 fully saturated rings. The zero-order chi connectivity index (χ0) is 23.7. The van der Waals surface area contributed by atoms with Crippen molar-refractivity contribution in [3.05, 3.63) is 64.7 Å². The summed E-state index contributed by atoms with van der Waals surface area (Å²) in [7, 11) is 0. The summed E-state index contributed by atoms with van der Waals surface area (Å²) in [6.07, 6.45) is 2.84. The number of nitrogens with one attached hydrogen (secondary N) is 1. The number of likely N-dealkylation sites (tertiary alicyclic amines) is 1. The topological polar surface area (TPSA) is 79.0 Å². The lowest BCUT2D eigenvalue weighted by Gasteiger charge is -2.32. The van der Waals surface area contributed by atoms with Crippen LogP contribution in [0, 0.1) is 0 Å². The van der Waals surface area contributed by atoms with Gasteiger partial charge in [0.25, 0.3) is 5.91 Å². The number of fused-ring (bicyclic) bond motifs is 1. The normalized spacial score (nSPS) is 21.5. The van der Waals surface area contributed by atoms with Crippen LogP contribution in [0.15, 0.2) is 42.5 Å². The van der Waals surface area contributed by atoms with Crippen LogP contribution in [0.2, 0.25) is 0 Å². The lowest BCUT2D eigenvalue weighted by molar-refractivity contribution is -0.136. The van der Waals surface area contributed by atoms with Crippen molar-refractivity contribution in [3.63, 3.8) is 0 Å². The van der Waals surface area contributed by atoms with E-state index >= 15 is 0 Å². The Morgan fingerprint density at radius 1 is 1.00 bits per heavy atom. The first-order valence-corrected chi connectivity index (χ1v) is 12.2. The highest BCUT2D eigenvalue weighted by molar-refractivity contribution is 6.05. The highest BCUT2D eigenvalue weighted by Crippen LogP contribution is 2.34. The summed E-state index contributed by atoms with van der Waals surface area (Å²) >= 11 is 0. The number of ether oxygens (including phenoxy) is 1. The number of hydrogen-bond acceptors (Lipinski definition) is 5. The van der Waals surface area contributed by atoms with Crippen molar-refractivity contribution in [1.29, 1.82) is 0 Å². The van der Waals surface area contributed by atoms with Crippen LogP contribution in [0.1, 0.15) is 65.6 Å². The van der Waals surface area contributed by atoms with Crippen LogP contribution >= 0.6 is 0 Å². The maximum Gasteiger partial charge on any atom is 0.255 e. The van der Waals surface area contributed by atoms with E-state index in [2.05, 4.69) is 34.5 Å². The number of imide groups is 1. The molecule has 3 heterocycles. The van der Waals surface area contributed by atoms with Gasteiger partial charge in [-0.3, -0.25) is 24.6 Å². The summed E-state index contributed by atoms with van der Waals surface area (Å²) in [6, 6.07) is 14.0. The van der Waals surface area contributed by atoms with E-state index in [0.29, 0.717) is 31.1 Å². The number of amides is 3. The van der Waals surface area contributed by atoms with Gasteiger partial charge in [-0.15, -0.1) is 0 Å². The summed E-state index contributed by atoms with van der Waals surface area (Å²) in [6.45, 7) is 6.13. The van der Waals surface area contributed by atoms with Crippen molar-refractivity contribution in [2.45, 2.75) is 57.7 Å². The summed E-state index contributed by atoms with van der Waals surface area (Å²) in [5, 5.41) is 2.36. The van der Waals surface area contributed by atoms with E-state index in [0.717, 1.165) is 43.8 Å². The van der Waals surface area contributed by atoms with Gasteiger partial charge in [-0.1, -0.05) is 24.3 Å². The van der Waals surface area contributed by atoms with Gasteiger partial charge in [0.15, 0.2) is 0 Å². The molecule has 2 saturated heterocycles. The minimum atomic E-state index is -0.563. The summed E-state index contributed by atoms with van der Waals surface area (Å²) in [5.41, 5.74) is 4.24. The van der Waals surface area contributed by atoms with Gasteiger partial charge < -0.3 is 9.64 Å². The lowest BCUT2D eigenvalue weighted by Crippen LogP contribution is -2.52. The van der Waals surface area contributed by atoms with Crippen LogP contribution in [0.25, 0.3) is 0 Å². The molecule has 0 saturated carbocycles. The molecule has 3 aliphatic rings. The Morgan fingerprint density at radius 2 is 1.76 bits per heavy atom. The highest BCUT2D eigenvalue weighted by atomic mass is 16.5. The van der Waals surface area contributed by atoms with E-state index < -0.39 is 6.04 Å². The molecule has 0 aromatic heterocycles. The SMILES string of the molecule is CCOc1ccc(CN2CCC(c3ccc4c(c3)CN(C3CCC(=O)NC3=O)C4=O)CC2)cc1. The molecule has 3 amide bonds. The standard InChI is InChI=1S/C27H31N3O4/c1-2-34-22-6-3-18(4-7-22)16-29-13-11-19(12-14-29)20-5-8-23-21(15-20)17-30(27(23)33)24-9-10-25(31)28-26(24)32/h3-8,15,19,24H,2,9-14,16-17H2,1H3,(H,28,31,32). The predicted molar refractivity (Wildman–Crippen MR) is 127 cm³/mol. The summed E-state index contributed by atoms with van der Waals surface area (Å²) < 4.78 is 5.53. The van der Waals surface area contributed by atoms with Crippen LogP contribution in [-0.4, -0.2) is 53.3 Å². The predicted octanol–water partition coefficient (Wildman–Crippen LogP) is 3.23. The highest BCUT2D eigenvalue weighted by Gasteiger charge is 2.39. The van der Waals surface area contributed by atoms with E-state index in [1.54, 1.807) is 4.90 Å². The Balaban J connectivity index is 1.19. The van der Waals surface area contributed by atoms with E-state index in [4.69, 9.17) is 4.74 Å². The number of benzene rings is 2. The Labute approximate surface area is 200 Å². The number of rotatable bonds is 6. The van der Waals surface area contributed by atoms with E-state index in [-0.39, 0.29) is 24.1 Å². The summed E-state index contributed by atoms with van der Waals surface area (Å²) in [5.74, 6) is 0.651. The number of piperidine rings is 2. The quantitative estimate of drug-likeness (QED) is 0.669. The monoisotopic (exact) mass is 461 g/mol. The number of carbonyl (C=O) groups is 3. The molecule has 178 valence electrons. The third-order valence-electron chi connectivity index (χ3n) is 7.25. The first-order chi connectivity index (χ1) is 16.5. The van der Waals surface area contributed by atoms with Gasteiger partial charge >= 0.3 is 0 Å². The second kappa shape index (κ2) is 9.58. The molecule has 1 N–H and O–H groups in total. The van der Waals surface area contributed by atoms with Crippen LogP contribution in [0.5, 0.6) is 5.75 Å². The molecule has 2 aromatic rings. The molecule has 2 aromatic carbocycles. The molecule has 5 rings (SSSR count). The van der Waals surface area contributed by atoms with Gasteiger partial charge in [0, 0.05) is 25.1 Å². The summed E-state index contributed by atoms with van der Waals surface area (Å²) in [4.78, 5) is 40.8. The van der Waals surface area contributed by atoms with Crippen molar-refractivity contribution in [2.75, 3.05) is 19.7 Å². The van der Waals surface area contributed by atoms with Crippen LogP contribution in [0.3, 0.4) is 0 Å². The molecule has 1 atom stereocenters. The minimum Gasteiger partial charge on any atom is -0.494 e. The van der Waals surface area contributed by atoms with Gasteiger partial charge in [-0.05, 0) is 80.1 Å². The Kier molecular flexibility index (Phi) is 6.37. The van der Waals surface area contributed by atoms with E-state index in [1.807, 2.05) is 25.1 Å². The molecule has 0 spiro atoms. The largest absolute Gasteiger partial charge is 0.494 e. The zero-order valence-corrected chi connectivity index (χ0v) is 19.6. The number of hydrogen-bond donors (Lipinski definition) is 1. The minimum absolute atomic E-state index is 0.110. The third-order valence-corrected chi connectivity index (χ3v) is 7.25. The molecule has 34 heavy (non-hydrogen) atoms. The number of carbonyl (C=O) groups excluding carboxylic acids is 3. The Hall–Kier alpha value is -3.19. The Morgan fingerprint density at radius 3 is 2.47 bits per heavy atom. The third kappa shape index (κ3) is 4.57. The fourth-order valence-electron chi connectivity index (χ4n) is 5.39. The molecular formula is C27H31N3O4. The average molecular weight is 462 g/mol. The first kappa shape index (κ1) is 22.6. The van der Waals surface area contributed by atoms with E-state index in [9.17, 15) is 14.4 Å². The molecule has 3 aliphatic heterocycles.